The molecule has 1 aromatic rings. The third-order valence-corrected chi connectivity index (χ3v) is 6.12. The van der Waals surface area contributed by atoms with Crippen molar-refractivity contribution in [3.05, 3.63) is 17.1 Å². The highest BCUT2D eigenvalue weighted by Gasteiger charge is 2.41. The molecule has 0 amide bonds. The van der Waals surface area contributed by atoms with Gasteiger partial charge >= 0.3 is 0 Å². The van der Waals surface area contributed by atoms with Gasteiger partial charge in [0.15, 0.2) is 0 Å². The first-order valence-corrected chi connectivity index (χ1v) is 8.22. The van der Waals surface area contributed by atoms with Gasteiger partial charge in [-0.1, -0.05) is 0 Å². The quantitative estimate of drug-likeness (QED) is 0.899. The minimum absolute atomic E-state index is 0.00518. The highest BCUT2D eigenvalue weighted by atomic mass is 32.2. The van der Waals surface area contributed by atoms with Gasteiger partial charge in [-0.25, -0.2) is 8.42 Å². The lowest BCUT2D eigenvalue weighted by Crippen LogP contribution is -2.45. The van der Waals surface area contributed by atoms with Crippen LogP contribution in [0.5, 0.6) is 0 Å². The Morgan fingerprint density at radius 3 is 2.35 bits per heavy atom. The predicted octanol–water partition coefficient (Wildman–Crippen LogP) is 0.941. The number of fused-ring (bicyclic) bond motifs is 2. The molecule has 3 heterocycles. The van der Waals surface area contributed by atoms with Crippen molar-refractivity contribution in [3.8, 4) is 0 Å². The predicted molar refractivity (Wildman–Crippen MR) is 70.8 cm³/mol. The molecule has 2 aliphatic rings. The average Bonchev–Trinajstić information content (AvgIpc) is 2.88. The number of nitrogens with zero attached hydrogens (tertiary/aromatic N) is 1. The van der Waals surface area contributed by atoms with Gasteiger partial charge in [0.05, 0.1) is 18.8 Å². The molecule has 0 aromatic carbocycles. The first-order chi connectivity index (χ1) is 9.43. The van der Waals surface area contributed by atoms with Crippen molar-refractivity contribution in [1.29, 1.82) is 0 Å². The van der Waals surface area contributed by atoms with E-state index in [2.05, 4.69) is 0 Å². The summed E-state index contributed by atoms with van der Waals surface area (Å²) in [7, 11) is -3.64. The van der Waals surface area contributed by atoms with E-state index < -0.39 is 10.0 Å². The molecule has 0 saturated carbocycles. The lowest BCUT2D eigenvalue weighted by Gasteiger charge is -2.31. The topological polar surface area (TPSA) is 80.0 Å². The van der Waals surface area contributed by atoms with E-state index in [1.807, 2.05) is 0 Å². The maximum Gasteiger partial charge on any atom is 0.247 e. The zero-order chi connectivity index (χ0) is 14.5. The fraction of sp³-hybridized carbons (Fsp3) is 0.692. The van der Waals surface area contributed by atoms with Gasteiger partial charge in [-0.3, -0.25) is 0 Å². The second-order valence-electron chi connectivity index (χ2n) is 5.46. The summed E-state index contributed by atoms with van der Waals surface area (Å²) in [6, 6.07) is 0. The van der Waals surface area contributed by atoms with Crippen molar-refractivity contribution >= 4 is 10.0 Å². The summed E-state index contributed by atoms with van der Waals surface area (Å²) in [6.07, 6.45) is 1.81. The summed E-state index contributed by atoms with van der Waals surface area (Å²) in [6.45, 7) is 3.71. The summed E-state index contributed by atoms with van der Waals surface area (Å²) in [4.78, 5) is 0.124. The van der Waals surface area contributed by atoms with Crippen LogP contribution in [0.2, 0.25) is 0 Å². The lowest BCUT2D eigenvalue weighted by molar-refractivity contribution is -0.0115. The summed E-state index contributed by atoms with van der Waals surface area (Å²) >= 11 is 0. The molecule has 0 radical (unpaired) electrons. The second-order valence-corrected chi connectivity index (χ2v) is 7.33. The third kappa shape index (κ3) is 2.09. The maximum absolute atomic E-state index is 12.8. The number of aliphatic hydroxyl groups is 1. The Balaban J connectivity index is 2.00. The molecule has 2 fully saturated rings. The van der Waals surface area contributed by atoms with Gasteiger partial charge in [0.25, 0.3) is 0 Å². The van der Waals surface area contributed by atoms with Crippen molar-refractivity contribution in [2.75, 3.05) is 13.1 Å². The minimum atomic E-state index is -3.64. The molecule has 7 heteroatoms. The van der Waals surface area contributed by atoms with Gasteiger partial charge < -0.3 is 14.3 Å². The first-order valence-electron chi connectivity index (χ1n) is 6.78. The van der Waals surface area contributed by atoms with Crippen molar-refractivity contribution in [1.82, 2.24) is 4.31 Å². The number of furan rings is 1. The van der Waals surface area contributed by atoms with Gasteiger partial charge in [-0.05, 0) is 26.7 Å². The fourth-order valence-electron chi connectivity index (χ4n) is 3.13. The number of sulfonamides is 1. The Morgan fingerprint density at radius 1 is 1.20 bits per heavy atom. The monoisotopic (exact) mass is 301 g/mol. The Morgan fingerprint density at radius 2 is 1.80 bits per heavy atom. The van der Waals surface area contributed by atoms with Crippen LogP contribution in [0.25, 0.3) is 0 Å². The summed E-state index contributed by atoms with van der Waals surface area (Å²) in [5.41, 5.74) is 0.362. The van der Waals surface area contributed by atoms with Crippen LogP contribution < -0.4 is 0 Å². The van der Waals surface area contributed by atoms with Crippen LogP contribution in [-0.2, 0) is 21.4 Å². The SMILES string of the molecule is Cc1oc(C)c(S(=O)(=O)N2CC3CCC(C2)O3)c1CO. The van der Waals surface area contributed by atoms with E-state index in [9.17, 15) is 13.5 Å². The first kappa shape index (κ1) is 14.1. The van der Waals surface area contributed by atoms with Crippen molar-refractivity contribution in [2.45, 2.75) is 50.4 Å². The minimum Gasteiger partial charge on any atom is -0.465 e. The zero-order valence-electron chi connectivity index (χ0n) is 11.6. The number of morpholine rings is 1. The number of aliphatic hydroxyl groups excluding tert-OH is 1. The molecule has 2 atom stereocenters. The Kier molecular flexibility index (Phi) is 3.40. The largest absolute Gasteiger partial charge is 0.465 e. The van der Waals surface area contributed by atoms with Crippen molar-refractivity contribution in [2.24, 2.45) is 0 Å². The molecule has 2 aliphatic heterocycles. The Labute approximate surface area is 118 Å². The molecule has 1 N–H and O–H groups in total. The molecule has 6 nitrogen and oxygen atoms in total. The summed E-state index contributed by atoms with van der Waals surface area (Å²) in [5, 5.41) is 9.42. The van der Waals surface area contributed by atoms with Crippen LogP contribution in [0.15, 0.2) is 9.31 Å². The van der Waals surface area contributed by atoms with Crippen LogP contribution in [0, 0.1) is 13.8 Å². The molecular formula is C13H19NO5S. The molecule has 0 spiro atoms. The van der Waals surface area contributed by atoms with Gasteiger partial charge in [0.1, 0.15) is 16.4 Å². The lowest BCUT2D eigenvalue weighted by atomic mass is 10.2. The second kappa shape index (κ2) is 4.84. The van der Waals surface area contributed by atoms with Gasteiger partial charge in [0.2, 0.25) is 10.0 Å². The number of rotatable bonds is 3. The Hall–Kier alpha value is -0.890. The molecule has 3 rings (SSSR count). The molecule has 20 heavy (non-hydrogen) atoms. The van der Waals surface area contributed by atoms with E-state index in [1.165, 1.54) is 4.31 Å². The highest BCUT2D eigenvalue weighted by molar-refractivity contribution is 7.89. The van der Waals surface area contributed by atoms with E-state index >= 15 is 0 Å². The van der Waals surface area contributed by atoms with Gasteiger partial charge in [-0.15, -0.1) is 0 Å². The van der Waals surface area contributed by atoms with Crippen molar-refractivity contribution < 1.29 is 22.7 Å². The van der Waals surface area contributed by atoms with Gasteiger partial charge in [-0.2, -0.15) is 4.31 Å². The molecule has 2 saturated heterocycles. The number of hydrogen-bond donors (Lipinski definition) is 1. The molecule has 1 aromatic heterocycles. The smallest absolute Gasteiger partial charge is 0.247 e. The number of hydrogen-bond acceptors (Lipinski definition) is 5. The standard InChI is InChI=1S/C13H19NO5S/c1-8-12(7-15)13(9(2)18-8)20(16,17)14-5-10-3-4-11(6-14)19-10/h10-11,15H,3-7H2,1-2H3. The fourth-order valence-corrected chi connectivity index (χ4v) is 5.04. The zero-order valence-corrected chi connectivity index (χ0v) is 12.4. The van der Waals surface area contributed by atoms with E-state index in [4.69, 9.17) is 9.15 Å². The molecule has 2 bridgehead atoms. The molecular weight excluding hydrogens is 282 g/mol. The van der Waals surface area contributed by atoms with Gasteiger partial charge in [0, 0.05) is 18.7 Å². The van der Waals surface area contributed by atoms with Crippen LogP contribution in [0.4, 0.5) is 0 Å². The van der Waals surface area contributed by atoms with Crippen LogP contribution in [0.3, 0.4) is 0 Å². The number of ether oxygens (including phenoxy) is 1. The maximum atomic E-state index is 12.8. The molecule has 2 unspecified atom stereocenters. The summed E-state index contributed by atoms with van der Waals surface area (Å²) in [5.74, 6) is 0.796. The number of aryl methyl sites for hydroxylation is 2. The van der Waals surface area contributed by atoms with E-state index in [0.717, 1.165) is 12.8 Å². The molecule has 0 aliphatic carbocycles. The van der Waals surface area contributed by atoms with Crippen LogP contribution in [-0.4, -0.2) is 43.1 Å². The van der Waals surface area contributed by atoms with Crippen LogP contribution >= 0.6 is 0 Å². The van der Waals surface area contributed by atoms with E-state index in [1.54, 1.807) is 13.8 Å². The molecule has 112 valence electrons. The van der Waals surface area contributed by atoms with Crippen LogP contribution in [0.1, 0.15) is 29.9 Å². The highest BCUT2D eigenvalue weighted by Crippen LogP contribution is 2.34. The Bertz CT molecular complexity index is 609. The average molecular weight is 301 g/mol. The van der Waals surface area contributed by atoms with E-state index in [-0.39, 0.29) is 23.7 Å². The van der Waals surface area contributed by atoms with E-state index in [0.29, 0.717) is 30.2 Å². The third-order valence-electron chi connectivity index (χ3n) is 4.09. The summed E-state index contributed by atoms with van der Waals surface area (Å²) < 4.78 is 38.2. The normalized spacial score (nSPS) is 27.1. The van der Waals surface area contributed by atoms with Crippen molar-refractivity contribution in [3.63, 3.8) is 0 Å².